The molecule has 1 amide bonds. The normalized spacial score (nSPS) is 11.2. The molecule has 2 rings (SSSR count). The lowest BCUT2D eigenvalue weighted by Gasteiger charge is -2.16. The number of rotatable bonds is 5. The molecule has 2 heterocycles. The van der Waals surface area contributed by atoms with Crippen LogP contribution in [0.2, 0.25) is 0 Å². The lowest BCUT2D eigenvalue weighted by molar-refractivity contribution is -0.129. The summed E-state index contributed by atoms with van der Waals surface area (Å²) in [6.07, 6.45) is 0. The first-order valence-electron chi connectivity index (χ1n) is 7.33. The molecule has 0 aliphatic heterocycles. The minimum absolute atomic E-state index is 0.162. The minimum Gasteiger partial charge on any atom is -0.454 e. The van der Waals surface area contributed by atoms with E-state index in [2.05, 4.69) is 5.32 Å². The number of ketones is 1. The van der Waals surface area contributed by atoms with Crippen LogP contribution in [-0.2, 0) is 14.3 Å². The van der Waals surface area contributed by atoms with E-state index >= 15 is 0 Å². The molecule has 128 valence electrons. The van der Waals surface area contributed by atoms with Gasteiger partial charge in [-0.3, -0.25) is 9.59 Å². The van der Waals surface area contributed by atoms with Crippen LogP contribution in [0.4, 0.5) is 5.00 Å². The second-order valence-electron chi connectivity index (χ2n) is 6.26. The number of ether oxygens (including phenoxy) is 1. The van der Waals surface area contributed by atoms with E-state index in [1.54, 1.807) is 26.2 Å². The van der Waals surface area contributed by atoms with Gasteiger partial charge in [0.2, 0.25) is 5.91 Å². The second-order valence-corrected chi connectivity index (χ2v) is 8.09. The molecule has 0 radical (unpaired) electrons. The largest absolute Gasteiger partial charge is 0.454 e. The molecule has 1 N–H and O–H groups in total. The molecule has 5 nitrogen and oxygen atoms in total. The van der Waals surface area contributed by atoms with E-state index in [1.165, 1.54) is 29.6 Å². The van der Waals surface area contributed by atoms with E-state index in [9.17, 15) is 14.4 Å². The first kappa shape index (κ1) is 18.4. The first-order chi connectivity index (χ1) is 11.2. The molecule has 0 spiro atoms. The summed E-state index contributed by atoms with van der Waals surface area (Å²) in [5.74, 6) is -1.04. The summed E-state index contributed by atoms with van der Waals surface area (Å²) in [5, 5.41) is 6.79. The first-order valence-corrected chi connectivity index (χ1v) is 9.09. The number of amides is 1. The van der Waals surface area contributed by atoms with Crippen molar-refractivity contribution in [3.05, 3.63) is 28.5 Å². The van der Waals surface area contributed by atoms with E-state index in [1.807, 2.05) is 17.5 Å². The predicted octanol–water partition coefficient (Wildman–Crippen LogP) is 4.21. The van der Waals surface area contributed by atoms with Gasteiger partial charge in [-0.15, -0.1) is 22.7 Å². The van der Waals surface area contributed by atoms with Gasteiger partial charge in [0, 0.05) is 28.2 Å². The summed E-state index contributed by atoms with van der Waals surface area (Å²) < 4.78 is 5.21. The Kier molecular flexibility index (Phi) is 5.56. The van der Waals surface area contributed by atoms with E-state index < -0.39 is 11.4 Å². The van der Waals surface area contributed by atoms with Crippen molar-refractivity contribution in [2.24, 2.45) is 5.41 Å². The average Bonchev–Trinajstić information content (AvgIpc) is 3.11. The Morgan fingerprint density at radius 3 is 2.46 bits per heavy atom. The maximum absolute atomic E-state index is 12.5. The molecule has 0 saturated carbocycles. The average molecular weight is 365 g/mol. The van der Waals surface area contributed by atoms with E-state index in [4.69, 9.17) is 4.74 Å². The number of anilines is 1. The number of hydrogen-bond donors (Lipinski definition) is 1. The molecular weight excluding hydrogens is 346 g/mol. The van der Waals surface area contributed by atoms with Crippen molar-refractivity contribution in [1.82, 2.24) is 0 Å². The minimum atomic E-state index is -0.610. The number of Topliss-reactive ketones (excluding diaryl/α,β-unsaturated/α-hetero) is 1. The van der Waals surface area contributed by atoms with Gasteiger partial charge in [0.1, 0.15) is 10.6 Å². The maximum Gasteiger partial charge on any atom is 0.342 e. The highest BCUT2D eigenvalue weighted by Gasteiger charge is 2.26. The molecule has 2 aromatic rings. The highest BCUT2D eigenvalue weighted by atomic mass is 32.1. The molecule has 2 aromatic heterocycles. The Balaban J connectivity index is 2.29. The van der Waals surface area contributed by atoms with Crippen molar-refractivity contribution in [1.29, 1.82) is 0 Å². The quantitative estimate of drug-likeness (QED) is 0.806. The van der Waals surface area contributed by atoms with Gasteiger partial charge in [0.15, 0.2) is 12.4 Å². The van der Waals surface area contributed by atoms with E-state index in [0.29, 0.717) is 16.1 Å². The van der Waals surface area contributed by atoms with Gasteiger partial charge in [-0.05, 0) is 11.4 Å². The number of carbonyl (C=O) groups is 3. The standard InChI is InChI=1S/C17H19NO4S2/c1-10(19)18-15-14(11(9-24-15)12-6-5-7-23-12)16(21)22-8-13(20)17(2,3)4/h5-7,9H,8H2,1-4H3,(H,18,19). The number of esters is 1. The molecule has 0 aliphatic rings. The van der Waals surface area contributed by atoms with Gasteiger partial charge in [-0.2, -0.15) is 0 Å². The fraction of sp³-hybridized carbons (Fsp3) is 0.353. The monoisotopic (exact) mass is 365 g/mol. The summed E-state index contributed by atoms with van der Waals surface area (Å²) >= 11 is 2.75. The van der Waals surface area contributed by atoms with Crippen LogP contribution in [0.1, 0.15) is 38.1 Å². The van der Waals surface area contributed by atoms with Crippen molar-refractivity contribution in [2.45, 2.75) is 27.7 Å². The summed E-state index contributed by atoms with van der Waals surface area (Å²) in [6.45, 7) is 6.40. The SMILES string of the molecule is CC(=O)Nc1scc(-c2cccs2)c1C(=O)OCC(=O)C(C)(C)C. The van der Waals surface area contributed by atoms with Crippen molar-refractivity contribution >= 4 is 45.3 Å². The molecular formula is C17H19NO4S2. The second kappa shape index (κ2) is 7.27. The molecule has 0 fully saturated rings. The molecule has 0 atom stereocenters. The molecule has 7 heteroatoms. The van der Waals surface area contributed by atoms with E-state index in [0.717, 1.165) is 4.88 Å². The highest BCUT2D eigenvalue weighted by Crippen LogP contribution is 2.38. The third kappa shape index (κ3) is 4.30. The zero-order valence-corrected chi connectivity index (χ0v) is 15.6. The molecule has 0 bridgehead atoms. The fourth-order valence-corrected chi connectivity index (χ4v) is 3.66. The third-order valence-electron chi connectivity index (χ3n) is 3.24. The lowest BCUT2D eigenvalue weighted by Crippen LogP contribution is -2.26. The fourth-order valence-electron chi connectivity index (χ4n) is 1.85. The third-order valence-corrected chi connectivity index (χ3v) is 5.04. The Morgan fingerprint density at radius 2 is 1.92 bits per heavy atom. The van der Waals surface area contributed by atoms with Crippen molar-refractivity contribution in [2.75, 3.05) is 11.9 Å². The number of hydrogen-bond acceptors (Lipinski definition) is 6. The van der Waals surface area contributed by atoms with Gasteiger partial charge >= 0.3 is 5.97 Å². The van der Waals surface area contributed by atoms with Crippen LogP contribution in [0.15, 0.2) is 22.9 Å². The zero-order valence-electron chi connectivity index (χ0n) is 14.0. The summed E-state index contributed by atoms with van der Waals surface area (Å²) in [4.78, 5) is 36.8. The Labute approximate surface area is 148 Å². The van der Waals surface area contributed by atoms with Crippen LogP contribution in [0.25, 0.3) is 10.4 Å². The zero-order chi connectivity index (χ0) is 17.9. The molecule has 0 aromatic carbocycles. The Morgan fingerprint density at radius 1 is 1.21 bits per heavy atom. The van der Waals surface area contributed by atoms with Crippen molar-refractivity contribution < 1.29 is 19.1 Å². The smallest absolute Gasteiger partial charge is 0.342 e. The summed E-state index contributed by atoms with van der Waals surface area (Å²) in [7, 11) is 0. The van der Waals surface area contributed by atoms with Crippen LogP contribution in [0, 0.1) is 5.41 Å². The number of nitrogens with one attached hydrogen (secondary N) is 1. The van der Waals surface area contributed by atoms with Crippen LogP contribution in [-0.4, -0.2) is 24.3 Å². The van der Waals surface area contributed by atoms with Crippen molar-refractivity contribution in [3.63, 3.8) is 0 Å². The van der Waals surface area contributed by atoms with Crippen LogP contribution >= 0.6 is 22.7 Å². The molecule has 0 saturated heterocycles. The van der Waals surface area contributed by atoms with Gasteiger partial charge in [-0.1, -0.05) is 26.8 Å². The van der Waals surface area contributed by atoms with Gasteiger partial charge < -0.3 is 10.1 Å². The number of thiophene rings is 2. The van der Waals surface area contributed by atoms with Crippen LogP contribution in [0.3, 0.4) is 0 Å². The topological polar surface area (TPSA) is 72.5 Å². The maximum atomic E-state index is 12.5. The predicted molar refractivity (Wildman–Crippen MR) is 96.7 cm³/mol. The van der Waals surface area contributed by atoms with E-state index in [-0.39, 0.29) is 18.3 Å². The summed E-state index contributed by atoms with van der Waals surface area (Å²) in [5.41, 5.74) is 0.415. The van der Waals surface area contributed by atoms with Gasteiger partial charge in [-0.25, -0.2) is 4.79 Å². The van der Waals surface area contributed by atoms with Gasteiger partial charge in [0.05, 0.1) is 0 Å². The van der Waals surface area contributed by atoms with Gasteiger partial charge in [0.25, 0.3) is 0 Å². The van der Waals surface area contributed by atoms with Crippen LogP contribution < -0.4 is 5.32 Å². The summed E-state index contributed by atoms with van der Waals surface area (Å²) in [6, 6.07) is 3.77. The number of carbonyl (C=O) groups excluding carboxylic acids is 3. The Bertz CT molecular complexity index is 754. The molecule has 0 unspecified atom stereocenters. The Hall–Kier alpha value is -1.99. The molecule has 24 heavy (non-hydrogen) atoms. The van der Waals surface area contributed by atoms with Crippen molar-refractivity contribution in [3.8, 4) is 10.4 Å². The molecule has 0 aliphatic carbocycles. The van der Waals surface area contributed by atoms with Crippen LogP contribution in [0.5, 0.6) is 0 Å². The highest BCUT2D eigenvalue weighted by molar-refractivity contribution is 7.17. The lowest BCUT2D eigenvalue weighted by atomic mass is 9.91.